The number of imidazole rings is 1. The number of nitrogens with two attached hydrogens (primary N) is 1. The lowest BCUT2D eigenvalue weighted by Crippen LogP contribution is -2.25. The first kappa shape index (κ1) is 19.9. The maximum absolute atomic E-state index is 14.1. The van der Waals surface area contributed by atoms with E-state index in [2.05, 4.69) is 19.9 Å². The number of thiazole rings is 1. The maximum atomic E-state index is 14.1. The van der Waals surface area contributed by atoms with E-state index >= 15 is 0 Å². The molecule has 0 aliphatic carbocycles. The first-order valence-electron chi connectivity index (χ1n) is 10.3. The van der Waals surface area contributed by atoms with Crippen LogP contribution in [0.15, 0.2) is 30.3 Å². The predicted molar refractivity (Wildman–Crippen MR) is 121 cm³/mol. The molecule has 1 saturated heterocycles. The molecule has 0 saturated carbocycles. The molecule has 5 rings (SSSR count). The van der Waals surface area contributed by atoms with Gasteiger partial charge in [-0.05, 0) is 50.2 Å². The molecule has 2 aromatic heterocycles. The number of hydrogen-bond acceptors (Lipinski definition) is 6. The van der Waals surface area contributed by atoms with E-state index in [0.29, 0.717) is 41.2 Å². The van der Waals surface area contributed by atoms with Gasteiger partial charge in [0.1, 0.15) is 40.4 Å². The molecule has 0 radical (unpaired) electrons. The van der Waals surface area contributed by atoms with Crippen LogP contribution in [0.2, 0.25) is 0 Å². The van der Waals surface area contributed by atoms with Crippen LogP contribution in [0, 0.1) is 11.2 Å². The van der Waals surface area contributed by atoms with Crippen LogP contribution in [-0.2, 0) is 6.42 Å². The highest BCUT2D eigenvalue weighted by atomic mass is 32.1. The number of aromatic amines is 1. The second kappa shape index (κ2) is 8.24. The molecule has 31 heavy (non-hydrogen) atoms. The molecule has 7 nitrogen and oxygen atoms in total. The number of amidine groups is 1. The lowest BCUT2D eigenvalue weighted by atomic mass is 10.2. The maximum Gasteiger partial charge on any atom is 0.150 e. The minimum Gasteiger partial charge on any atom is -0.490 e. The Kier molecular flexibility index (Phi) is 5.29. The molecule has 4 aromatic rings. The van der Waals surface area contributed by atoms with Crippen molar-refractivity contribution in [2.45, 2.75) is 19.3 Å². The summed E-state index contributed by atoms with van der Waals surface area (Å²) in [5.74, 6) is 0.854. The van der Waals surface area contributed by atoms with E-state index in [1.54, 1.807) is 6.07 Å². The van der Waals surface area contributed by atoms with Crippen molar-refractivity contribution in [1.29, 1.82) is 5.41 Å². The highest BCUT2D eigenvalue weighted by Gasteiger charge is 2.15. The third-order valence-electron chi connectivity index (χ3n) is 5.49. The molecule has 1 aliphatic heterocycles. The van der Waals surface area contributed by atoms with Gasteiger partial charge in [-0.3, -0.25) is 10.3 Å². The standard InChI is InChI=1S/C22H23FN6OS/c23-14-10-16-21(17(11-14)30-8-7-29-5-1-2-6-29)28-19(26-16)12-20-27-15-4-3-13(22(24)25)9-18(15)31-20/h3-4,9-11H,1-2,5-8,12H2,(H3,24,25)(H,26,28). The smallest absolute Gasteiger partial charge is 0.150 e. The topological polar surface area (TPSA) is 104 Å². The van der Waals surface area contributed by atoms with Gasteiger partial charge in [0, 0.05) is 18.2 Å². The SMILES string of the molecule is N=C(N)c1ccc2nc(Cc3nc4c(OCCN5CCCC5)cc(F)cc4[nH]3)sc2c1. The van der Waals surface area contributed by atoms with Crippen LogP contribution in [0.3, 0.4) is 0 Å². The Morgan fingerprint density at radius 2 is 2.06 bits per heavy atom. The van der Waals surface area contributed by atoms with E-state index in [-0.39, 0.29) is 11.7 Å². The van der Waals surface area contributed by atoms with Gasteiger partial charge >= 0.3 is 0 Å². The number of benzene rings is 2. The minimum absolute atomic E-state index is 0.0356. The molecule has 0 spiro atoms. The highest BCUT2D eigenvalue weighted by molar-refractivity contribution is 7.18. The number of nitrogens with zero attached hydrogens (tertiary/aromatic N) is 3. The van der Waals surface area contributed by atoms with Gasteiger partial charge in [-0.15, -0.1) is 11.3 Å². The van der Waals surface area contributed by atoms with E-state index in [1.165, 1.54) is 36.3 Å². The molecule has 1 aliphatic rings. The zero-order valence-corrected chi connectivity index (χ0v) is 17.8. The number of rotatable bonds is 7. The summed E-state index contributed by atoms with van der Waals surface area (Å²) in [6, 6.07) is 8.38. The lowest BCUT2D eigenvalue weighted by molar-refractivity contribution is 0.239. The van der Waals surface area contributed by atoms with Crippen LogP contribution < -0.4 is 10.5 Å². The van der Waals surface area contributed by atoms with Gasteiger partial charge in [-0.1, -0.05) is 0 Å². The van der Waals surface area contributed by atoms with Crippen molar-refractivity contribution >= 4 is 38.4 Å². The fourth-order valence-corrected chi connectivity index (χ4v) is 4.96. The number of halogens is 1. The van der Waals surface area contributed by atoms with Crippen molar-refractivity contribution in [2.75, 3.05) is 26.2 Å². The van der Waals surface area contributed by atoms with Crippen LogP contribution in [0.4, 0.5) is 4.39 Å². The Balaban J connectivity index is 1.36. The molecule has 2 aromatic carbocycles. The zero-order chi connectivity index (χ0) is 21.4. The van der Waals surface area contributed by atoms with Crippen molar-refractivity contribution in [3.63, 3.8) is 0 Å². The summed E-state index contributed by atoms with van der Waals surface area (Å²) in [5.41, 5.74) is 8.37. The van der Waals surface area contributed by atoms with Crippen LogP contribution >= 0.6 is 11.3 Å². The molecular weight excluding hydrogens is 415 g/mol. The largest absolute Gasteiger partial charge is 0.490 e. The molecule has 160 valence electrons. The normalized spacial score (nSPS) is 14.6. The molecule has 4 N–H and O–H groups in total. The molecule has 3 heterocycles. The molecule has 0 amide bonds. The number of aromatic nitrogens is 3. The van der Waals surface area contributed by atoms with E-state index < -0.39 is 0 Å². The van der Waals surface area contributed by atoms with E-state index in [0.717, 1.165) is 34.9 Å². The summed E-state index contributed by atoms with van der Waals surface area (Å²) in [6.07, 6.45) is 2.96. The summed E-state index contributed by atoms with van der Waals surface area (Å²) in [4.78, 5) is 14.9. The third-order valence-corrected chi connectivity index (χ3v) is 6.51. The van der Waals surface area contributed by atoms with Gasteiger partial charge in [0.25, 0.3) is 0 Å². The second-order valence-corrected chi connectivity index (χ2v) is 8.88. The lowest BCUT2D eigenvalue weighted by Gasteiger charge is -2.15. The van der Waals surface area contributed by atoms with Gasteiger partial charge < -0.3 is 15.5 Å². The van der Waals surface area contributed by atoms with Gasteiger partial charge in [0.15, 0.2) is 0 Å². The van der Waals surface area contributed by atoms with Crippen LogP contribution in [0.25, 0.3) is 21.3 Å². The van der Waals surface area contributed by atoms with Crippen molar-refractivity contribution in [1.82, 2.24) is 19.9 Å². The van der Waals surface area contributed by atoms with Gasteiger partial charge in [-0.25, -0.2) is 14.4 Å². The number of likely N-dealkylation sites (tertiary alicyclic amines) is 1. The summed E-state index contributed by atoms with van der Waals surface area (Å²) in [7, 11) is 0. The number of hydrogen-bond donors (Lipinski definition) is 3. The van der Waals surface area contributed by atoms with E-state index in [4.69, 9.17) is 15.9 Å². The first-order chi connectivity index (χ1) is 15.0. The van der Waals surface area contributed by atoms with Crippen LogP contribution in [0.5, 0.6) is 5.75 Å². The van der Waals surface area contributed by atoms with Crippen LogP contribution in [-0.4, -0.2) is 51.9 Å². The quantitative estimate of drug-likeness (QED) is 0.302. The Labute approximate surface area is 182 Å². The number of ether oxygens (including phenoxy) is 1. The fraction of sp³-hybridized carbons (Fsp3) is 0.318. The average molecular weight is 439 g/mol. The Hall–Kier alpha value is -3.04. The van der Waals surface area contributed by atoms with Gasteiger partial charge in [0.2, 0.25) is 0 Å². The molecule has 1 fully saturated rings. The molecular formula is C22H23FN6OS. The Bertz CT molecular complexity index is 1260. The van der Waals surface area contributed by atoms with Crippen molar-refractivity contribution in [3.05, 3.63) is 52.5 Å². The van der Waals surface area contributed by atoms with Gasteiger partial charge in [-0.2, -0.15) is 0 Å². The van der Waals surface area contributed by atoms with E-state index in [9.17, 15) is 4.39 Å². The fourth-order valence-electron chi connectivity index (χ4n) is 3.95. The second-order valence-electron chi connectivity index (χ2n) is 7.76. The zero-order valence-electron chi connectivity index (χ0n) is 16.9. The van der Waals surface area contributed by atoms with Crippen molar-refractivity contribution in [3.8, 4) is 5.75 Å². The van der Waals surface area contributed by atoms with E-state index in [1.807, 2.05) is 12.1 Å². The monoisotopic (exact) mass is 438 g/mol. The third kappa shape index (κ3) is 4.24. The minimum atomic E-state index is -0.351. The molecule has 0 bridgehead atoms. The summed E-state index contributed by atoms with van der Waals surface area (Å²) < 4.78 is 21.0. The summed E-state index contributed by atoms with van der Waals surface area (Å²) in [5, 5.41) is 8.48. The number of H-pyrrole nitrogens is 1. The van der Waals surface area contributed by atoms with Gasteiger partial charge in [0.05, 0.1) is 22.2 Å². The number of nitrogens with one attached hydrogen (secondary N) is 2. The summed E-state index contributed by atoms with van der Waals surface area (Å²) in [6.45, 7) is 3.55. The number of nitrogen functional groups attached to an aromatic ring is 1. The molecule has 0 atom stereocenters. The Morgan fingerprint density at radius 3 is 2.87 bits per heavy atom. The molecule has 9 heteroatoms. The Morgan fingerprint density at radius 1 is 1.23 bits per heavy atom. The summed E-state index contributed by atoms with van der Waals surface area (Å²) >= 11 is 1.53. The average Bonchev–Trinajstić information content (AvgIpc) is 3.46. The molecule has 0 unspecified atom stereocenters. The first-order valence-corrected chi connectivity index (χ1v) is 11.1. The van der Waals surface area contributed by atoms with Crippen LogP contribution in [0.1, 0.15) is 29.2 Å². The number of fused-ring (bicyclic) bond motifs is 2. The van der Waals surface area contributed by atoms with Crippen molar-refractivity contribution in [2.24, 2.45) is 5.73 Å². The highest BCUT2D eigenvalue weighted by Crippen LogP contribution is 2.28. The predicted octanol–water partition coefficient (Wildman–Crippen LogP) is 3.66. The van der Waals surface area contributed by atoms with Crippen molar-refractivity contribution < 1.29 is 9.13 Å².